The molecule has 0 unspecified atom stereocenters. The second-order valence-electron chi connectivity index (χ2n) is 3.65. The van der Waals surface area contributed by atoms with E-state index in [-0.39, 0.29) is 6.10 Å². The number of nitrogens with two attached hydrogens (primary N) is 1. The average molecular weight is 235 g/mol. The topological polar surface area (TPSA) is 61.0 Å². The van der Waals surface area contributed by atoms with Gasteiger partial charge in [0.25, 0.3) is 0 Å². The van der Waals surface area contributed by atoms with Crippen LogP contribution in [0, 0.1) is 0 Å². The highest BCUT2D eigenvalue weighted by Crippen LogP contribution is 2.22. The molecule has 5 heteroatoms. The zero-order chi connectivity index (χ0) is 11.5. The van der Waals surface area contributed by atoms with Gasteiger partial charge in [-0.05, 0) is 38.1 Å². The molecule has 0 bridgehead atoms. The lowest BCUT2D eigenvalue weighted by Crippen LogP contribution is -2.05. The number of hydrogen-bond donors (Lipinski definition) is 1. The van der Waals surface area contributed by atoms with Gasteiger partial charge >= 0.3 is 0 Å². The van der Waals surface area contributed by atoms with Crippen molar-refractivity contribution in [1.82, 2.24) is 9.36 Å². The van der Waals surface area contributed by atoms with Crippen LogP contribution in [-0.2, 0) is 0 Å². The lowest BCUT2D eigenvalue weighted by atomic mass is 10.2. The molecule has 0 radical (unpaired) electrons. The Morgan fingerprint density at radius 3 is 2.44 bits per heavy atom. The van der Waals surface area contributed by atoms with Crippen molar-refractivity contribution in [3.05, 3.63) is 24.3 Å². The molecule has 0 spiro atoms. The first-order valence-corrected chi connectivity index (χ1v) is 5.79. The fraction of sp³-hybridized carbons (Fsp3) is 0.273. The summed E-state index contributed by atoms with van der Waals surface area (Å²) in [4.78, 5) is 4.12. The summed E-state index contributed by atoms with van der Waals surface area (Å²) in [5.74, 6) is 1.51. The van der Waals surface area contributed by atoms with Crippen molar-refractivity contribution in [2.24, 2.45) is 0 Å². The molecule has 1 heterocycles. The van der Waals surface area contributed by atoms with Gasteiger partial charge in [0.15, 0.2) is 11.0 Å². The lowest BCUT2D eigenvalue weighted by molar-refractivity contribution is 0.242. The second-order valence-corrected chi connectivity index (χ2v) is 4.43. The lowest BCUT2D eigenvalue weighted by Gasteiger charge is -2.09. The van der Waals surface area contributed by atoms with E-state index >= 15 is 0 Å². The minimum atomic E-state index is 0.180. The van der Waals surface area contributed by atoms with Gasteiger partial charge in [0.2, 0.25) is 0 Å². The van der Waals surface area contributed by atoms with Crippen LogP contribution in [0.3, 0.4) is 0 Å². The molecule has 0 atom stereocenters. The maximum absolute atomic E-state index is 5.55. The van der Waals surface area contributed by atoms with E-state index in [2.05, 4.69) is 9.36 Å². The van der Waals surface area contributed by atoms with Gasteiger partial charge in [-0.1, -0.05) is 0 Å². The number of aromatic nitrogens is 2. The van der Waals surface area contributed by atoms with Gasteiger partial charge in [0, 0.05) is 17.1 Å². The highest BCUT2D eigenvalue weighted by Gasteiger charge is 2.04. The minimum absolute atomic E-state index is 0.180. The first-order chi connectivity index (χ1) is 7.65. The summed E-state index contributed by atoms with van der Waals surface area (Å²) in [6.45, 7) is 3.99. The third kappa shape index (κ3) is 2.49. The zero-order valence-corrected chi connectivity index (χ0v) is 9.99. The molecule has 0 aliphatic heterocycles. The number of benzene rings is 1. The molecule has 1 aromatic carbocycles. The monoisotopic (exact) mass is 235 g/mol. The van der Waals surface area contributed by atoms with Crippen LogP contribution in [0.15, 0.2) is 24.3 Å². The van der Waals surface area contributed by atoms with Crippen molar-refractivity contribution in [2.75, 3.05) is 5.73 Å². The van der Waals surface area contributed by atoms with Gasteiger partial charge in [-0.25, -0.2) is 0 Å². The molecular weight excluding hydrogens is 222 g/mol. The van der Waals surface area contributed by atoms with E-state index in [4.69, 9.17) is 10.5 Å². The van der Waals surface area contributed by atoms with Crippen molar-refractivity contribution in [3.63, 3.8) is 0 Å². The minimum Gasteiger partial charge on any atom is -0.491 e. The number of rotatable bonds is 3. The summed E-state index contributed by atoms with van der Waals surface area (Å²) < 4.78 is 9.69. The van der Waals surface area contributed by atoms with Crippen LogP contribution in [0.2, 0.25) is 0 Å². The van der Waals surface area contributed by atoms with Crippen molar-refractivity contribution in [3.8, 4) is 17.1 Å². The third-order valence-electron chi connectivity index (χ3n) is 1.93. The molecule has 2 N–H and O–H groups in total. The van der Waals surface area contributed by atoms with E-state index in [1.165, 1.54) is 11.5 Å². The maximum Gasteiger partial charge on any atom is 0.200 e. The molecule has 0 aliphatic rings. The summed E-state index contributed by atoms with van der Waals surface area (Å²) in [5.41, 5.74) is 6.48. The molecule has 0 fully saturated rings. The van der Waals surface area contributed by atoms with Gasteiger partial charge in [0.1, 0.15) is 5.75 Å². The van der Waals surface area contributed by atoms with E-state index in [1.54, 1.807) is 0 Å². The summed E-state index contributed by atoms with van der Waals surface area (Å²) in [6.07, 6.45) is 0.180. The Morgan fingerprint density at radius 2 is 1.94 bits per heavy atom. The van der Waals surface area contributed by atoms with Crippen LogP contribution in [0.25, 0.3) is 11.4 Å². The van der Waals surface area contributed by atoms with Crippen LogP contribution in [-0.4, -0.2) is 15.5 Å². The summed E-state index contributed by atoms with van der Waals surface area (Å²) >= 11 is 1.20. The predicted molar refractivity (Wildman–Crippen MR) is 65.5 cm³/mol. The Kier molecular flexibility index (Phi) is 3.05. The Morgan fingerprint density at radius 1 is 1.25 bits per heavy atom. The van der Waals surface area contributed by atoms with Crippen molar-refractivity contribution in [1.29, 1.82) is 0 Å². The molecule has 84 valence electrons. The Labute approximate surface area is 98.3 Å². The number of anilines is 1. The molecule has 0 saturated carbocycles. The molecule has 2 rings (SSSR count). The average Bonchev–Trinajstić information content (AvgIpc) is 2.65. The van der Waals surface area contributed by atoms with Crippen LogP contribution in [0.5, 0.6) is 5.75 Å². The van der Waals surface area contributed by atoms with E-state index < -0.39 is 0 Å². The Bertz CT molecular complexity index is 464. The Hall–Kier alpha value is -1.62. The number of ether oxygens (including phenoxy) is 1. The Balaban J connectivity index is 2.19. The van der Waals surface area contributed by atoms with Gasteiger partial charge < -0.3 is 10.5 Å². The van der Waals surface area contributed by atoms with Gasteiger partial charge in [0.05, 0.1) is 6.10 Å². The van der Waals surface area contributed by atoms with Crippen molar-refractivity contribution < 1.29 is 4.74 Å². The normalized spacial score (nSPS) is 10.7. The van der Waals surface area contributed by atoms with Crippen molar-refractivity contribution >= 4 is 16.7 Å². The molecule has 0 amide bonds. The van der Waals surface area contributed by atoms with Gasteiger partial charge in [-0.3, -0.25) is 0 Å². The third-order valence-corrected chi connectivity index (χ3v) is 2.47. The first-order valence-electron chi connectivity index (χ1n) is 5.01. The molecule has 16 heavy (non-hydrogen) atoms. The van der Waals surface area contributed by atoms with Crippen LogP contribution >= 0.6 is 11.5 Å². The van der Waals surface area contributed by atoms with Gasteiger partial charge in [-0.15, -0.1) is 0 Å². The van der Waals surface area contributed by atoms with Crippen LogP contribution in [0.4, 0.5) is 5.13 Å². The highest BCUT2D eigenvalue weighted by atomic mass is 32.1. The molecule has 2 aromatic rings. The van der Waals surface area contributed by atoms with E-state index in [1.807, 2.05) is 38.1 Å². The summed E-state index contributed by atoms with van der Waals surface area (Å²) in [6, 6.07) is 7.68. The fourth-order valence-corrected chi connectivity index (χ4v) is 1.76. The van der Waals surface area contributed by atoms with E-state index in [0.29, 0.717) is 11.0 Å². The molecule has 0 saturated heterocycles. The molecular formula is C11H13N3OS. The maximum atomic E-state index is 5.55. The predicted octanol–water partition coefficient (Wildman–Crippen LogP) is 2.57. The number of nitrogen functional groups attached to an aromatic ring is 1. The van der Waals surface area contributed by atoms with E-state index in [9.17, 15) is 0 Å². The van der Waals surface area contributed by atoms with Gasteiger partial charge in [-0.2, -0.15) is 9.36 Å². The van der Waals surface area contributed by atoms with Crippen LogP contribution in [0.1, 0.15) is 13.8 Å². The summed E-state index contributed by atoms with van der Waals surface area (Å²) in [7, 11) is 0. The quantitative estimate of drug-likeness (QED) is 0.888. The second kappa shape index (κ2) is 4.49. The SMILES string of the molecule is CC(C)Oc1ccc(-c2nsc(N)n2)cc1. The summed E-state index contributed by atoms with van der Waals surface area (Å²) in [5, 5.41) is 0.484. The fourth-order valence-electron chi connectivity index (χ4n) is 1.31. The molecule has 0 aliphatic carbocycles. The van der Waals surface area contributed by atoms with E-state index in [0.717, 1.165) is 11.3 Å². The molecule has 4 nitrogen and oxygen atoms in total. The number of nitrogens with zero attached hydrogens (tertiary/aromatic N) is 2. The highest BCUT2D eigenvalue weighted by molar-refractivity contribution is 7.09. The first kappa shape index (κ1) is 10.9. The zero-order valence-electron chi connectivity index (χ0n) is 9.18. The smallest absolute Gasteiger partial charge is 0.200 e. The largest absolute Gasteiger partial charge is 0.491 e. The van der Waals surface area contributed by atoms with Crippen molar-refractivity contribution in [2.45, 2.75) is 20.0 Å². The molecule has 1 aromatic heterocycles. The standard InChI is InChI=1S/C11H13N3OS/c1-7(2)15-9-5-3-8(4-6-9)10-13-11(12)16-14-10/h3-7H,1-2H3,(H2,12,13,14). The number of hydrogen-bond acceptors (Lipinski definition) is 5. The van der Waals surface area contributed by atoms with Crippen LogP contribution < -0.4 is 10.5 Å².